The predicted octanol–water partition coefficient (Wildman–Crippen LogP) is 3.19. The lowest BCUT2D eigenvalue weighted by molar-refractivity contribution is -0.118. The Morgan fingerprint density at radius 3 is 2.77 bits per heavy atom. The number of hydrogen-bond donors (Lipinski definition) is 0. The van der Waals surface area contributed by atoms with E-state index in [1.165, 1.54) is 0 Å². The van der Waals surface area contributed by atoms with Crippen LogP contribution in [0.5, 0.6) is 0 Å². The normalized spacial score (nSPS) is 24.8. The minimum absolute atomic E-state index is 0.381. The molecule has 0 aliphatic carbocycles. The molecule has 0 aromatic carbocycles. The molecule has 3 heteroatoms. The van der Waals surface area contributed by atoms with Crippen LogP contribution in [-0.2, 0) is 4.79 Å². The summed E-state index contributed by atoms with van der Waals surface area (Å²) >= 11 is 3.90. The Labute approximate surface area is 89.4 Å². The highest BCUT2D eigenvalue weighted by Crippen LogP contribution is 2.35. The summed E-state index contributed by atoms with van der Waals surface area (Å²) in [5, 5.41) is 0. The van der Waals surface area contributed by atoms with E-state index in [1.807, 2.05) is 23.5 Å². The van der Waals surface area contributed by atoms with Crippen molar-refractivity contribution >= 4 is 29.3 Å². The number of thioether (sulfide) groups is 2. The molecule has 76 valence electrons. The fourth-order valence-corrected chi connectivity index (χ4v) is 3.88. The molecule has 0 N–H and O–H groups in total. The lowest BCUT2D eigenvalue weighted by Crippen LogP contribution is -2.18. The van der Waals surface area contributed by atoms with Gasteiger partial charge in [-0.05, 0) is 11.2 Å². The molecule has 1 nitrogen and oxygen atoms in total. The van der Waals surface area contributed by atoms with E-state index in [9.17, 15) is 4.79 Å². The summed E-state index contributed by atoms with van der Waals surface area (Å²) < 4.78 is 0.528. The molecule has 1 atom stereocenters. The van der Waals surface area contributed by atoms with Crippen LogP contribution in [0.15, 0.2) is 0 Å². The van der Waals surface area contributed by atoms with Crippen molar-refractivity contribution in [1.82, 2.24) is 0 Å². The first kappa shape index (κ1) is 11.4. The molecular weight excluding hydrogens is 200 g/mol. The summed E-state index contributed by atoms with van der Waals surface area (Å²) in [5.41, 5.74) is 0.381. The molecule has 1 saturated heterocycles. The van der Waals surface area contributed by atoms with Gasteiger partial charge in [0.25, 0.3) is 0 Å². The molecule has 0 amide bonds. The maximum atomic E-state index is 11.2. The van der Waals surface area contributed by atoms with Gasteiger partial charge in [0.05, 0.1) is 4.58 Å². The Morgan fingerprint density at radius 1 is 1.54 bits per heavy atom. The van der Waals surface area contributed by atoms with Gasteiger partial charge in [-0.25, -0.2) is 0 Å². The zero-order valence-electron chi connectivity index (χ0n) is 8.63. The van der Waals surface area contributed by atoms with Crippen molar-refractivity contribution in [3.8, 4) is 0 Å². The molecule has 1 aliphatic rings. The molecule has 1 rings (SSSR count). The fraction of sp³-hybridized carbons (Fsp3) is 0.900. The van der Waals surface area contributed by atoms with Gasteiger partial charge in [-0.3, -0.25) is 4.79 Å². The van der Waals surface area contributed by atoms with Crippen molar-refractivity contribution in [3.05, 3.63) is 0 Å². The van der Waals surface area contributed by atoms with Crippen molar-refractivity contribution in [2.75, 3.05) is 11.5 Å². The van der Waals surface area contributed by atoms with Crippen molar-refractivity contribution in [1.29, 1.82) is 0 Å². The molecule has 0 radical (unpaired) electrons. The van der Waals surface area contributed by atoms with Crippen LogP contribution >= 0.6 is 23.5 Å². The first-order valence-electron chi connectivity index (χ1n) is 4.72. The highest BCUT2D eigenvalue weighted by Gasteiger charge is 2.22. The van der Waals surface area contributed by atoms with Gasteiger partial charge in [-0.2, -0.15) is 0 Å². The standard InChI is InChI=1S/C10H18OS2/c1-10(2,3)7-13-9-6-8(11)4-5-12-9/h9H,4-7H2,1-3H3. The molecule has 1 unspecified atom stereocenters. The van der Waals surface area contributed by atoms with E-state index in [0.29, 0.717) is 15.8 Å². The molecule has 1 aliphatic heterocycles. The number of carbonyl (C=O) groups excluding carboxylic acids is 1. The average molecular weight is 218 g/mol. The topological polar surface area (TPSA) is 17.1 Å². The third-order valence-corrected chi connectivity index (χ3v) is 5.15. The third kappa shape index (κ3) is 4.96. The summed E-state index contributed by atoms with van der Waals surface area (Å²) in [5.74, 6) is 2.63. The third-order valence-electron chi connectivity index (χ3n) is 1.78. The summed E-state index contributed by atoms with van der Waals surface area (Å²) in [6.07, 6.45) is 1.57. The fourth-order valence-electron chi connectivity index (χ4n) is 1.10. The average Bonchev–Trinajstić information content (AvgIpc) is 2.00. The highest BCUT2D eigenvalue weighted by atomic mass is 32.2. The van der Waals surface area contributed by atoms with E-state index in [4.69, 9.17) is 0 Å². The lowest BCUT2D eigenvalue weighted by atomic mass is 10.0. The van der Waals surface area contributed by atoms with Crippen LogP contribution in [0.4, 0.5) is 0 Å². The van der Waals surface area contributed by atoms with Gasteiger partial charge in [0, 0.05) is 18.6 Å². The Bertz CT molecular complexity index is 184. The van der Waals surface area contributed by atoms with E-state index >= 15 is 0 Å². The van der Waals surface area contributed by atoms with Gasteiger partial charge in [0.1, 0.15) is 5.78 Å². The maximum absolute atomic E-state index is 11.2. The lowest BCUT2D eigenvalue weighted by Gasteiger charge is -2.24. The Kier molecular flexibility index (Phi) is 4.17. The van der Waals surface area contributed by atoms with Gasteiger partial charge in [0.2, 0.25) is 0 Å². The van der Waals surface area contributed by atoms with Crippen LogP contribution in [0.25, 0.3) is 0 Å². The van der Waals surface area contributed by atoms with Crippen molar-refractivity contribution in [2.24, 2.45) is 5.41 Å². The molecule has 1 heterocycles. The maximum Gasteiger partial charge on any atom is 0.135 e. The zero-order valence-corrected chi connectivity index (χ0v) is 10.3. The minimum atomic E-state index is 0.381. The molecular formula is C10H18OS2. The van der Waals surface area contributed by atoms with E-state index in [1.54, 1.807) is 0 Å². The molecule has 0 aromatic heterocycles. The quantitative estimate of drug-likeness (QED) is 0.708. The van der Waals surface area contributed by atoms with E-state index < -0.39 is 0 Å². The van der Waals surface area contributed by atoms with E-state index in [0.717, 1.165) is 24.3 Å². The molecule has 0 saturated carbocycles. The summed E-state index contributed by atoms with van der Waals surface area (Å²) in [7, 11) is 0. The molecule has 0 aromatic rings. The van der Waals surface area contributed by atoms with Crippen LogP contribution in [0, 0.1) is 5.41 Å². The van der Waals surface area contributed by atoms with Crippen molar-refractivity contribution in [2.45, 2.75) is 38.2 Å². The molecule has 1 fully saturated rings. The van der Waals surface area contributed by atoms with E-state index in [-0.39, 0.29) is 0 Å². The Balaban J connectivity index is 2.25. The summed E-state index contributed by atoms with van der Waals surface area (Å²) in [4.78, 5) is 11.2. The monoisotopic (exact) mass is 218 g/mol. The first-order valence-corrected chi connectivity index (χ1v) is 6.82. The van der Waals surface area contributed by atoms with Crippen LogP contribution in [0.1, 0.15) is 33.6 Å². The molecule has 13 heavy (non-hydrogen) atoms. The first-order chi connectivity index (χ1) is 5.97. The van der Waals surface area contributed by atoms with E-state index in [2.05, 4.69) is 20.8 Å². The number of rotatable bonds is 2. The number of carbonyl (C=O) groups is 1. The van der Waals surface area contributed by atoms with Gasteiger partial charge < -0.3 is 0 Å². The molecule has 0 bridgehead atoms. The Hall–Kier alpha value is 0.370. The smallest absolute Gasteiger partial charge is 0.135 e. The highest BCUT2D eigenvalue weighted by molar-refractivity contribution is 8.17. The number of Topliss-reactive ketones (excluding diaryl/α,β-unsaturated/α-hetero) is 1. The van der Waals surface area contributed by atoms with Gasteiger partial charge in [0.15, 0.2) is 0 Å². The van der Waals surface area contributed by atoms with Crippen LogP contribution in [-0.4, -0.2) is 21.9 Å². The van der Waals surface area contributed by atoms with Crippen molar-refractivity contribution in [3.63, 3.8) is 0 Å². The minimum Gasteiger partial charge on any atom is -0.300 e. The summed E-state index contributed by atoms with van der Waals surface area (Å²) in [6.45, 7) is 6.74. The van der Waals surface area contributed by atoms with Gasteiger partial charge in [-0.1, -0.05) is 20.8 Å². The Morgan fingerprint density at radius 2 is 2.23 bits per heavy atom. The number of ketones is 1. The molecule has 0 spiro atoms. The van der Waals surface area contributed by atoms with Gasteiger partial charge in [-0.15, -0.1) is 23.5 Å². The predicted molar refractivity (Wildman–Crippen MR) is 62.4 cm³/mol. The second-order valence-electron chi connectivity index (χ2n) is 4.66. The van der Waals surface area contributed by atoms with Crippen LogP contribution in [0.2, 0.25) is 0 Å². The SMILES string of the molecule is CC(C)(C)CSC1CC(=O)CCS1. The van der Waals surface area contributed by atoms with Gasteiger partial charge >= 0.3 is 0 Å². The zero-order chi connectivity index (χ0) is 9.90. The van der Waals surface area contributed by atoms with Crippen LogP contribution in [0.3, 0.4) is 0 Å². The summed E-state index contributed by atoms with van der Waals surface area (Å²) in [6, 6.07) is 0. The second-order valence-corrected chi connectivity index (χ2v) is 7.46. The largest absolute Gasteiger partial charge is 0.300 e. The van der Waals surface area contributed by atoms with Crippen LogP contribution < -0.4 is 0 Å². The van der Waals surface area contributed by atoms with Crippen molar-refractivity contribution < 1.29 is 4.79 Å². The second kappa shape index (κ2) is 4.74. The number of hydrogen-bond acceptors (Lipinski definition) is 3.